The molecule has 1 amide bonds. The van der Waals surface area contributed by atoms with E-state index in [4.69, 9.17) is 5.84 Å². The van der Waals surface area contributed by atoms with Crippen LogP contribution >= 0.6 is 11.3 Å². The van der Waals surface area contributed by atoms with Gasteiger partial charge in [-0.3, -0.25) is 9.80 Å². The highest BCUT2D eigenvalue weighted by molar-refractivity contribution is 7.09. The summed E-state index contributed by atoms with van der Waals surface area (Å²) >= 11 is 1.59. The quantitative estimate of drug-likeness (QED) is 0.323. The molecular formula is C25H31N5OS. The Morgan fingerprint density at radius 3 is 2.88 bits per heavy atom. The summed E-state index contributed by atoms with van der Waals surface area (Å²) < 4.78 is 0. The first kappa shape index (κ1) is 23.5. The first-order chi connectivity index (χ1) is 15.3. The predicted molar refractivity (Wildman–Crippen MR) is 133 cm³/mol. The number of carbonyl (C=O) groups excluding carboxylic acids is 1. The lowest BCUT2D eigenvalue weighted by Crippen LogP contribution is -2.58. The van der Waals surface area contributed by atoms with Gasteiger partial charge in [0.15, 0.2) is 0 Å². The highest BCUT2D eigenvalue weighted by Crippen LogP contribution is 2.35. The van der Waals surface area contributed by atoms with E-state index in [0.717, 1.165) is 22.6 Å². The molecule has 1 saturated heterocycles. The number of nitrogens with two attached hydrogens (primary N) is 1. The van der Waals surface area contributed by atoms with Gasteiger partial charge in [-0.25, -0.2) is 10.8 Å². The van der Waals surface area contributed by atoms with Crippen molar-refractivity contribution in [2.24, 2.45) is 5.84 Å². The maximum Gasteiger partial charge on any atom is 0.254 e. The van der Waals surface area contributed by atoms with Crippen molar-refractivity contribution in [1.29, 1.82) is 0 Å². The van der Waals surface area contributed by atoms with E-state index >= 15 is 0 Å². The van der Waals surface area contributed by atoms with Crippen molar-refractivity contribution >= 4 is 28.5 Å². The first-order valence-electron chi connectivity index (χ1n) is 10.6. The van der Waals surface area contributed by atoms with Crippen LogP contribution in [0.3, 0.4) is 0 Å². The molecule has 32 heavy (non-hydrogen) atoms. The molecule has 1 aliphatic heterocycles. The number of allylic oxidation sites excluding steroid dienone is 5. The molecule has 0 spiro atoms. The number of nitrogens with one attached hydrogen (secondary N) is 2. The molecule has 3 rings (SSSR count). The van der Waals surface area contributed by atoms with E-state index in [0.29, 0.717) is 17.1 Å². The first-order valence-corrected chi connectivity index (χ1v) is 11.4. The van der Waals surface area contributed by atoms with Gasteiger partial charge in [0.25, 0.3) is 5.91 Å². The number of amides is 1. The Kier molecular flexibility index (Phi) is 7.33. The molecular weight excluding hydrogens is 418 g/mol. The van der Waals surface area contributed by atoms with Crippen LogP contribution in [0.2, 0.25) is 0 Å². The lowest BCUT2D eigenvalue weighted by molar-refractivity contribution is -0.113. The molecule has 0 bridgehead atoms. The fraction of sp³-hybridized carbons (Fsp3) is 0.280. The average Bonchev–Trinajstić information content (AvgIpc) is 3.31. The van der Waals surface area contributed by atoms with Gasteiger partial charge in [-0.1, -0.05) is 43.0 Å². The minimum Gasteiger partial charge on any atom is -0.361 e. The third kappa shape index (κ3) is 5.18. The Balaban J connectivity index is 1.86. The smallest absolute Gasteiger partial charge is 0.254 e. The number of benzene rings is 1. The Labute approximate surface area is 194 Å². The summed E-state index contributed by atoms with van der Waals surface area (Å²) in [7, 11) is 0. The molecule has 0 aliphatic carbocycles. The number of anilines is 1. The van der Waals surface area contributed by atoms with Crippen LogP contribution in [0.5, 0.6) is 0 Å². The second-order valence-electron chi connectivity index (χ2n) is 8.31. The normalized spacial score (nSPS) is 20.1. The van der Waals surface area contributed by atoms with Gasteiger partial charge in [-0.2, -0.15) is 0 Å². The number of hydrogen-bond acceptors (Lipinski definition) is 6. The van der Waals surface area contributed by atoms with Gasteiger partial charge in [0.05, 0.1) is 17.2 Å². The van der Waals surface area contributed by atoms with Crippen LogP contribution in [-0.2, 0) is 4.79 Å². The molecule has 1 aromatic carbocycles. The molecule has 1 aliphatic rings. The maximum atomic E-state index is 13.1. The van der Waals surface area contributed by atoms with Crippen molar-refractivity contribution in [3.63, 3.8) is 0 Å². The number of hydrazine groups is 1. The van der Waals surface area contributed by atoms with Gasteiger partial charge >= 0.3 is 0 Å². The van der Waals surface area contributed by atoms with Crippen LogP contribution in [0.25, 0.3) is 5.57 Å². The van der Waals surface area contributed by atoms with E-state index < -0.39 is 0 Å². The highest BCUT2D eigenvalue weighted by Gasteiger charge is 2.38. The van der Waals surface area contributed by atoms with Crippen molar-refractivity contribution in [2.45, 2.75) is 45.7 Å². The van der Waals surface area contributed by atoms with Gasteiger partial charge in [0.2, 0.25) is 0 Å². The van der Waals surface area contributed by atoms with Crippen LogP contribution in [0.1, 0.15) is 50.7 Å². The molecule has 4 N–H and O–H groups in total. The molecule has 0 saturated carbocycles. The predicted octanol–water partition coefficient (Wildman–Crippen LogP) is 5.15. The Morgan fingerprint density at radius 1 is 1.44 bits per heavy atom. The van der Waals surface area contributed by atoms with Crippen molar-refractivity contribution in [1.82, 2.24) is 15.3 Å². The fourth-order valence-corrected chi connectivity index (χ4v) is 4.31. The van der Waals surface area contributed by atoms with Gasteiger partial charge < -0.3 is 10.6 Å². The molecule has 1 atom stereocenters. The van der Waals surface area contributed by atoms with Crippen LogP contribution in [0, 0.1) is 0 Å². The zero-order chi connectivity index (χ0) is 23.3. The number of hydrogen-bond donors (Lipinski definition) is 3. The number of thiazole rings is 1. The summed E-state index contributed by atoms with van der Waals surface area (Å²) in [6.07, 6.45) is 10.3. The zero-order valence-corrected chi connectivity index (χ0v) is 19.9. The van der Waals surface area contributed by atoms with Crippen LogP contribution in [0.15, 0.2) is 78.1 Å². The third-order valence-corrected chi connectivity index (χ3v) is 6.38. The lowest BCUT2D eigenvalue weighted by Gasteiger charge is -2.46. The van der Waals surface area contributed by atoms with Gasteiger partial charge in [0, 0.05) is 17.3 Å². The summed E-state index contributed by atoms with van der Waals surface area (Å²) in [5.41, 5.74) is 2.83. The average molecular weight is 450 g/mol. The molecule has 168 valence electrons. The Hall–Kier alpha value is -3.16. The second-order valence-corrected chi connectivity index (χ2v) is 9.24. The van der Waals surface area contributed by atoms with Crippen molar-refractivity contribution < 1.29 is 4.79 Å². The van der Waals surface area contributed by atoms with E-state index in [9.17, 15) is 4.79 Å². The van der Waals surface area contributed by atoms with Crippen LogP contribution < -0.4 is 16.5 Å². The van der Waals surface area contributed by atoms with E-state index in [2.05, 4.69) is 36.0 Å². The second kappa shape index (κ2) is 9.97. The summed E-state index contributed by atoms with van der Waals surface area (Å²) in [5, 5.41) is 11.0. The molecule has 7 heteroatoms. The molecule has 1 unspecified atom stereocenters. The summed E-state index contributed by atoms with van der Waals surface area (Å²) in [4.78, 5) is 17.6. The van der Waals surface area contributed by atoms with Crippen LogP contribution in [-0.4, -0.2) is 21.4 Å². The largest absolute Gasteiger partial charge is 0.361 e. The molecule has 1 aromatic heterocycles. The van der Waals surface area contributed by atoms with E-state index in [1.165, 1.54) is 0 Å². The topological polar surface area (TPSA) is 83.3 Å². The summed E-state index contributed by atoms with van der Waals surface area (Å²) in [6.45, 7) is 11.8. The van der Waals surface area contributed by atoms with Crippen molar-refractivity contribution in [2.75, 3.05) is 5.32 Å². The van der Waals surface area contributed by atoms with Gasteiger partial charge in [-0.05, 0) is 57.4 Å². The molecule has 2 aromatic rings. The van der Waals surface area contributed by atoms with Gasteiger partial charge in [0.1, 0.15) is 10.8 Å². The molecule has 0 radical (unpaired) electrons. The standard InChI is InChI=1S/C25H31N5OS/c1-6-8-10-18(7-2)19-11-9-12-20(15-19)28-23(31)17(3)22-29-21(24-27-13-14-32-24)16-25(4,5)30(22)26/h6-15,21,29H,2,16,26H2,1,3-5H3,(H,28,31)/b8-6-,18-10+,22-17+. The SMILES string of the molecule is C=C/C(=C\C=C/C)c1cccc(NC(=O)/C(C)=C2\NC(c3nccs3)CC(C)(C)N2N)c1. The van der Waals surface area contributed by atoms with Crippen molar-refractivity contribution in [3.05, 3.63) is 88.7 Å². The van der Waals surface area contributed by atoms with Crippen LogP contribution in [0.4, 0.5) is 5.69 Å². The zero-order valence-electron chi connectivity index (χ0n) is 19.1. The van der Waals surface area contributed by atoms with E-state index in [1.807, 2.05) is 54.8 Å². The Morgan fingerprint density at radius 2 is 2.22 bits per heavy atom. The van der Waals surface area contributed by atoms with Crippen molar-refractivity contribution in [3.8, 4) is 0 Å². The number of aromatic nitrogens is 1. The third-order valence-electron chi connectivity index (χ3n) is 5.49. The van der Waals surface area contributed by atoms with E-state index in [-0.39, 0.29) is 17.5 Å². The summed E-state index contributed by atoms with van der Waals surface area (Å²) in [5.74, 6) is 6.82. The minimum atomic E-state index is -0.338. The monoisotopic (exact) mass is 449 g/mol. The minimum absolute atomic E-state index is 0.00205. The van der Waals surface area contributed by atoms with Gasteiger partial charge in [-0.15, -0.1) is 11.3 Å². The summed E-state index contributed by atoms with van der Waals surface area (Å²) in [6, 6.07) is 7.70. The molecule has 1 fully saturated rings. The lowest BCUT2D eigenvalue weighted by atomic mass is 9.91. The number of rotatable bonds is 6. The fourth-order valence-electron chi connectivity index (χ4n) is 3.62. The van der Waals surface area contributed by atoms with E-state index in [1.54, 1.807) is 35.5 Å². The molecule has 6 nitrogen and oxygen atoms in total. The molecule has 2 heterocycles. The maximum absolute atomic E-state index is 13.1. The Bertz CT molecular complexity index is 1070. The highest BCUT2D eigenvalue weighted by atomic mass is 32.1. The number of nitrogens with zero attached hydrogens (tertiary/aromatic N) is 2. The number of carbonyl (C=O) groups is 1.